The van der Waals surface area contributed by atoms with E-state index in [9.17, 15) is 13.6 Å². The lowest BCUT2D eigenvalue weighted by molar-refractivity contribution is 0.103. The van der Waals surface area contributed by atoms with Gasteiger partial charge in [0.2, 0.25) is 0 Å². The lowest BCUT2D eigenvalue weighted by Gasteiger charge is -2.07. The molecule has 2 aromatic carbocycles. The first-order valence-corrected chi connectivity index (χ1v) is 5.47. The third-order valence-electron chi connectivity index (χ3n) is 2.71. The molecule has 0 atom stereocenters. The number of para-hydroxylation sites is 1. The van der Waals surface area contributed by atoms with Crippen molar-refractivity contribution in [2.45, 2.75) is 0 Å². The van der Waals surface area contributed by atoms with Crippen molar-refractivity contribution in [3.8, 4) is 5.75 Å². The number of halogens is 2. The van der Waals surface area contributed by atoms with Crippen LogP contribution in [0.2, 0.25) is 0 Å². The Kier molecular flexibility index (Phi) is 3.46. The summed E-state index contributed by atoms with van der Waals surface area (Å²) >= 11 is 0. The van der Waals surface area contributed by atoms with Gasteiger partial charge in [0, 0.05) is 11.1 Å². The van der Waals surface area contributed by atoms with Gasteiger partial charge in [-0.15, -0.1) is 0 Å². The summed E-state index contributed by atoms with van der Waals surface area (Å²) in [6, 6.07) is 7.68. The molecule has 0 amide bonds. The lowest BCUT2D eigenvalue weighted by atomic mass is 10.0. The van der Waals surface area contributed by atoms with Gasteiger partial charge in [0.25, 0.3) is 0 Å². The van der Waals surface area contributed by atoms with Gasteiger partial charge in [-0.2, -0.15) is 0 Å². The summed E-state index contributed by atoms with van der Waals surface area (Å²) in [5.74, 6) is -1.86. The van der Waals surface area contributed by atoms with Crippen LogP contribution in [0.25, 0.3) is 0 Å². The van der Waals surface area contributed by atoms with E-state index in [4.69, 9.17) is 10.5 Å². The number of methoxy groups -OCH3 is 1. The largest absolute Gasteiger partial charge is 0.494 e. The minimum Gasteiger partial charge on any atom is -0.494 e. The van der Waals surface area contributed by atoms with Gasteiger partial charge >= 0.3 is 0 Å². The summed E-state index contributed by atoms with van der Waals surface area (Å²) in [5.41, 5.74) is 5.34. The topological polar surface area (TPSA) is 52.3 Å². The first-order valence-electron chi connectivity index (χ1n) is 5.47. The van der Waals surface area contributed by atoms with E-state index in [0.29, 0.717) is 0 Å². The number of hydrogen-bond acceptors (Lipinski definition) is 3. The summed E-state index contributed by atoms with van der Waals surface area (Å²) < 4.78 is 31.6. The van der Waals surface area contributed by atoms with Crippen molar-refractivity contribution in [2.24, 2.45) is 0 Å². The van der Waals surface area contributed by atoms with Crippen molar-refractivity contribution in [1.82, 2.24) is 0 Å². The van der Waals surface area contributed by atoms with E-state index >= 15 is 0 Å². The maximum absolute atomic E-state index is 13.5. The molecule has 0 fully saturated rings. The van der Waals surface area contributed by atoms with Gasteiger partial charge in [0.1, 0.15) is 5.82 Å². The monoisotopic (exact) mass is 263 g/mol. The smallest absolute Gasteiger partial charge is 0.195 e. The van der Waals surface area contributed by atoms with Gasteiger partial charge in [-0.1, -0.05) is 6.07 Å². The number of ether oxygens (including phenoxy) is 1. The van der Waals surface area contributed by atoms with E-state index in [-0.39, 0.29) is 22.6 Å². The number of anilines is 1. The molecule has 0 radical (unpaired) electrons. The minimum absolute atomic E-state index is 0.00423. The molecule has 98 valence electrons. The highest BCUT2D eigenvalue weighted by Gasteiger charge is 2.16. The molecule has 0 heterocycles. The van der Waals surface area contributed by atoms with Crippen LogP contribution in [0.5, 0.6) is 5.75 Å². The van der Waals surface area contributed by atoms with Crippen LogP contribution in [0.1, 0.15) is 15.9 Å². The summed E-state index contributed by atoms with van der Waals surface area (Å²) in [5, 5.41) is 0. The summed E-state index contributed by atoms with van der Waals surface area (Å²) in [6.45, 7) is 0. The average Bonchev–Trinajstić information content (AvgIpc) is 2.41. The highest BCUT2D eigenvalue weighted by molar-refractivity contribution is 6.12. The molecular weight excluding hydrogens is 252 g/mol. The Morgan fingerprint density at radius 3 is 2.53 bits per heavy atom. The Bertz CT molecular complexity index is 641. The average molecular weight is 263 g/mol. The third-order valence-corrected chi connectivity index (χ3v) is 2.71. The predicted molar refractivity (Wildman–Crippen MR) is 67.2 cm³/mol. The predicted octanol–water partition coefficient (Wildman–Crippen LogP) is 2.79. The van der Waals surface area contributed by atoms with Crippen LogP contribution < -0.4 is 10.5 Å². The number of rotatable bonds is 3. The fourth-order valence-corrected chi connectivity index (χ4v) is 1.70. The molecular formula is C14H11F2NO2. The standard InChI is InChI=1S/C14H11F2NO2/c1-19-12-6-5-8(7-11(12)16)14(18)9-3-2-4-10(15)13(9)17/h2-7H,17H2,1H3. The molecule has 0 aromatic heterocycles. The zero-order valence-electron chi connectivity index (χ0n) is 10.1. The molecule has 0 aliphatic heterocycles. The van der Waals surface area contributed by atoms with Gasteiger partial charge in [0.15, 0.2) is 17.3 Å². The number of nitrogen functional groups attached to an aromatic ring is 1. The maximum Gasteiger partial charge on any atom is 0.195 e. The molecule has 0 saturated heterocycles. The van der Waals surface area contributed by atoms with E-state index in [1.807, 2.05) is 0 Å². The number of carbonyl (C=O) groups excluding carboxylic acids is 1. The number of nitrogens with two attached hydrogens (primary N) is 1. The Morgan fingerprint density at radius 1 is 1.16 bits per heavy atom. The number of benzene rings is 2. The molecule has 0 unspecified atom stereocenters. The first-order chi connectivity index (χ1) is 9.04. The summed E-state index contributed by atoms with van der Waals surface area (Å²) in [7, 11) is 1.32. The lowest BCUT2D eigenvalue weighted by Crippen LogP contribution is -2.07. The molecule has 3 nitrogen and oxygen atoms in total. The van der Waals surface area contributed by atoms with E-state index in [1.54, 1.807) is 0 Å². The van der Waals surface area contributed by atoms with Crippen molar-refractivity contribution in [2.75, 3.05) is 12.8 Å². The van der Waals surface area contributed by atoms with E-state index in [2.05, 4.69) is 0 Å². The normalized spacial score (nSPS) is 10.3. The number of carbonyl (C=O) groups is 1. The molecule has 5 heteroatoms. The SMILES string of the molecule is COc1ccc(C(=O)c2cccc(F)c2N)cc1F. The van der Waals surface area contributed by atoms with E-state index in [1.165, 1.54) is 31.4 Å². The van der Waals surface area contributed by atoms with Crippen molar-refractivity contribution >= 4 is 11.5 Å². The number of ketones is 1. The second kappa shape index (κ2) is 5.06. The molecule has 0 aliphatic carbocycles. The van der Waals surface area contributed by atoms with E-state index in [0.717, 1.165) is 12.1 Å². The first kappa shape index (κ1) is 13.0. The maximum atomic E-state index is 13.5. The van der Waals surface area contributed by atoms with Crippen molar-refractivity contribution < 1.29 is 18.3 Å². The molecule has 19 heavy (non-hydrogen) atoms. The van der Waals surface area contributed by atoms with Crippen LogP contribution in [0.15, 0.2) is 36.4 Å². The van der Waals surface area contributed by atoms with Crippen LogP contribution in [0.3, 0.4) is 0 Å². The fraction of sp³-hybridized carbons (Fsp3) is 0.0714. The second-order valence-corrected chi connectivity index (χ2v) is 3.88. The van der Waals surface area contributed by atoms with Crippen LogP contribution in [-0.2, 0) is 0 Å². The summed E-state index contributed by atoms with van der Waals surface area (Å²) in [4.78, 5) is 12.1. The van der Waals surface area contributed by atoms with Crippen molar-refractivity contribution in [3.63, 3.8) is 0 Å². The molecule has 0 saturated carbocycles. The van der Waals surface area contributed by atoms with Crippen molar-refractivity contribution in [3.05, 3.63) is 59.2 Å². The number of hydrogen-bond donors (Lipinski definition) is 1. The van der Waals surface area contributed by atoms with Gasteiger partial charge in [-0.05, 0) is 30.3 Å². The van der Waals surface area contributed by atoms with Gasteiger partial charge in [-0.3, -0.25) is 4.79 Å². The minimum atomic E-state index is -0.681. The highest BCUT2D eigenvalue weighted by Crippen LogP contribution is 2.23. The second-order valence-electron chi connectivity index (χ2n) is 3.88. The van der Waals surface area contributed by atoms with Gasteiger partial charge in [-0.25, -0.2) is 8.78 Å². The molecule has 0 aliphatic rings. The zero-order valence-corrected chi connectivity index (χ0v) is 10.1. The Balaban J connectivity index is 2.44. The Hall–Kier alpha value is -2.43. The molecule has 0 bridgehead atoms. The molecule has 0 spiro atoms. The van der Waals surface area contributed by atoms with Crippen molar-refractivity contribution in [1.29, 1.82) is 0 Å². The molecule has 2 aromatic rings. The Labute approximate surface area is 108 Å². The molecule has 2 rings (SSSR count). The fourth-order valence-electron chi connectivity index (χ4n) is 1.70. The zero-order chi connectivity index (χ0) is 14.0. The van der Waals surface area contributed by atoms with Crippen LogP contribution in [0, 0.1) is 11.6 Å². The highest BCUT2D eigenvalue weighted by atomic mass is 19.1. The van der Waals surface area contributed by atoms with Crippen LogP contribution in [-0.4, -0.2) is 12.9 Å². The van der Waals surface area contributed by atoms with Crippen LogP contribution >= 0.6 is 0 Å². The van der Waals surface area contributed by atoms with E-state index < -0.39 is 17.4 Å². The summed E-state index contributed by atoms with van der Waals surface area (Å²) in [6.07, 6.45) is 0. The molecule has 2 N–H and O–H groups in total. The van der Waals surface area contributed by atoms with Crippen LogP contribution in [0.4, 0.5) is 14.5 Å². The van der Waals surface area contributed by atoms with Gasteiger partial charge in [0.05, 0.1) is 12.8 Å². The van der Waals surface area contributed by atoms with Gasteiger partial charge < -0.3 is 10.5 Å². The quantitative estimate of drug-likeness (QED) is 0.684. The third kappa shape index (κ3) is 2.40. The Morgan fingerprint density at radius 2 is 1.89 bits per heavy atom.